The van der Waals surface area contributed by atoms with Crippen molar-refractivity contribution >= 4 is 17.3 Å². The minimum Gasteiger partial charge on any atom is -0.374 e. The number of anilines is 2. The van der Waals surface area contributed by atoms with Crippen LogP contribution in [0, 0.1) is 11.3 Å². The molecular formula is C22H26N4O. The molecule has 1 unspecified atom stereocenters. The Hall–Kier alpha value is -2.84. The number of rotatable bonds is 7. The van der Waals surface area contributed by atoms with Crippen molar-refractivity contribution in [1.82, 2.24) is 5.32 Å². The lowest BCUT2D eigenvalue weighted by atomic mass is 9.97. The smallest absolute Gasteiger partial charge is 0.224 e. The lowest BCUT2D eigenvalue weighted by Crippen LogP contribution is -2.21. The van der Waals surface area contributed by atoms with Gasteiger partial charge in [0.1, 0.15) is 0 Å². The average molecular weight is 362 g/mol. The van der Waals surface area contributed by atoms with Gasteiger partial charge in [0, 0.05) is 44.0 Å². The molecule has 0 saturated carbocycles. The van der Waals surface area contributed by atoms with Gasteiger partial charge in [-0.3, -0.25) is 4.79 Å². The topological polar surface area (TPSA) is 68.2 Å². The first-order valence-electron chi connectivity index (χ1n) is 9.40. The monoisotopic (exact) mass is 362 g/mol. The summed E-state index contributed by atoms with van der Waals surface area (Å²) in [5.74, 6) is 0.100. The number of carbonyl (C=O) groups excluding carboxylic acids is 1. The van der Waals surface area contributed by atoms with E-state index in [0.29, 0.717) is 12.8 Å². The molecule has 1 atom stereocenters. The van der Waals surface area contributed by atoms with Crippen LogP contribution in [0.4, 0.5) is 11.4 Å². The van der Waals surface area contributed by atoms with Crippen molar-refractivity contribution in [3.8, 4) is 6.07 Å². The molecule has 1 aliphatic heterocycles. The Bertz CT molecular complexity index is 838. The molecule has 3 rings (SSSR count). The Balaban J connectivity index is 1.57. The first kappa shape index (κ1) is 18.9. The summed E-state index contributed by atoms with van der Waals surface area (Å²) in [6.07, 6.45) is 1.90. The lowest BCUT2D eigenvalue weighted by molar-refractivity contribution is -0.116. The van der Waals surface area contributed by atoms with E-state index in [9.17, 15) is 4.79 Å². The third kappa shape index (κ3) is 4.87. The quantitative estimate of drug-likeness (QED) is 0.787. The average Bonchev–Trinajstić information content (AvgIpc) is 2.70. The number of aryl methyl sites for hydroxylation is 1. The SMILES string of the molecule is CC(NCc1ccc(N(C)CCC#N)cc1)c1ccc2c(c1)CCC(=O)N2. The number of nitrogens with one attached hydrogen (secondary N) is 2. The molecule has 0 radical (unpaired) electrons. The highest BCUT2D eigenvalue weighted by atomic mass is 16.1. The second-order valence-electron chi connectivity index (χ2n) is 7.06. The minimum atomic E-state index is 0.100. The van der Waals surface area contributed by atoms with E-state index in [1.165, 1.54) is 16.7 Å². The van der Waals surface area contributed by atoms with Gasteiger partial charge in [-0.15, -0.1) is 0 Å². The van der Waals surface area contributed by atoms with Gasteiger partial charge in [-0.05, 0) is 48.2 Å². The van der Waals surface area contributed by atoms with Gasteiger partial charge >= 0.3 is 0 Å². The molecule has 0 bridgehead atoms. The van der Waals surface area contributed by atoms with Gasteiger partial charge in [0.2, 0.25) is 5.91 Å². The molecule has 0 saturated heterocycles. The third-order valence-electron chi connectivity index (χ3n) is 5.07. The maximum Gasteiger partial charge on any atom is 0.224 e. The highest BCUT2D eigenvalue weighted by Gasteiger charge is 2.16. The molecule has 5 heteroatoms. The van der Waals surface area contributed by atoms with Crippen LogP contribution in [0.1, 0.15) is 42.5 Å². The summed E-state index contributed by atoms with van der Waals surface area (Å²) in [5.41, 5.74) is 5.74. The number of amides is 1. The lowest BCUT2D eigenvalue weighted by Gasteiger charge is -2.21. The largest absolute Gasteiger partial charge is 0.374 e. The second kappa shape index (κ2) is 8.70. The van der Waals surface area contributed by atoms with E-state index >= 15 is 0 Å². The van der Waals surface area contributed by atoms with E-state index < -0.39 is 0 Å². The van der Waals surface area contributed by atoms with Crippen molar-refractivity contribution in [3.63, 3.8) is 0 Å². The van der Waals surface area contributed by atoms with E-state index in [4.69, 9.17) is 5.26 Å². The number of nitriles is 1. The van der Waals surface area contributed by atoms with Crippen LogP contribution in [0.25, 0.3) is 0 Å². The summed E-state index contributed by atoms with van der Waals surface area (Å²) < 4.78 is 0. The van der Waals surface area contributed by atoms with Crippen LogP contribution in [-0.4, -0.2) is 19.5 Å². The van der Waals surface area contributed by atoms with Crippen LogP contribution in [0.2, 0.25) is 0 Å². The molecule has 2 aromatic carbocycles. The summed E-state index contributed by atoms with van der Waals surface area (Å²) in [5, 5.41) is 15.2. The Morgan fingerprint density at radius 2 is 2.00 bits per heavy atom. The number of hydrogen-bond acceptors (Lipinski definition) is 4. The number of hydrogen-bond donors (Lipinski definition) is 2. The molecule has 2 aromatic rings. The maximum absolute atomic E-state index is 11.5. The summed E-state index contributed by atoms with van der Waals surface area (Å²) >= 11 is 0. The molecule has 0 aromatic heterocycles. The Kier molecular flexibility index (Phi) is 6.10. The normalized spacial score (nSPS) is 14.0. The van der Waals surface area contributed by atoms with Crippen LogP contribution < -0.4 is 15.5 Å². The van der Waals surface area contributed by atoms with Crippen LogP contribution in [0.3, 0.4) is 0 Å². The number of fused-ring (bicyclic) bond motifs is 1. The van der Waals surface area contributed by atoms with Gasteiger partial charge in [0.25, 0.3) is 0 Å². The van der Waals surface area contributed by atoms with E-state index in [-0.39, 0.29) is 11.9 Å². The van der Waals surface area contributed by atoms with E-state index in [1.807, 2.05) is 13.1 Å². The highest BCUT2D eigenvalue weighted by Crippen LogP contribution is 2.26. The molecule has 1 amide bonds. The van der Waals surface area contributed by atoms with Gasteiger partial charge < -0.3 is 15.5 Å². The fourth-order valence-electron chi connectivity index (χ4n) is 3.28. The summed E-state index contributed by atoms with van der Waals surface area (Å²) in [6, 6.07) is 17.1. The molecule has 1 heterocycles. The molecule has 0 fully saturated rings. The van der Waals surface area contributed by atoms with Gasteiger partial charge in [-0.25, -0.2) is 0 Å². The molecule has 0 aliphatic carbocycles. The van der Waals surface area contributed by atoms with Gasteiger partial charge in [-0.2, -0.15) is 5.26 Å². The van der Waals surface area contributed by atoms with Crippen molar-refractivity contribution in [2.45, 2.75) is 38.8 Å². The Labute approximate surface area is 161 Å². The third-order valence-corrected chi connectivity index (χ3v) is 5.07. The fourth-order valence-corrected chi connectivity index (χ4v) is 3.28. The minimum absolute atomic E-state index is 0.100. The zero-order valence-corrected chi connectivity index (χ0v) is 16.0. The van der Waals surface area contributed by atoms with Crippen LogP contribution in [0.15, 0.2) is 42.5 Å². The summed E-state index contributed by atoms with van der Waals surface area (Å²) in [7, 11) is 2.01. The highest BCUT2D eigenvalue weighted by molar-refractivity contribution is 5.93. The van der Waals surface area contributed by atoms with E-state index in [0.717, 1.165) is 30.9 Å². The van der Waals surface area contributed by atoms with Crippen molar-refractivity contribution in [1.29, 1.82) is 5.26 Å². The zero-order chi connectivity index (χ0) is 19.2. The van der Waals surface area contributed by atoms with Crippen molar-refractivity contribution in [3.05, 3.63) is 59.2 Å². The zero-order valence-electron chi connectivity index (χ0n) is 16.0. The van der Waals surface area contributed by atoms with Gasteiger partial charge in [-0.1, -0.05) is 24.3 Å². The van der Waals surface area contributed by atoms with E-state index in [2.05, 4.69) is 64.9 Å². The molecule has 2 N–H and O–H groups in total. The van der Waals surface area contributed by atoms with E-state index in [1.54, 1.807) is 0 Å². The second-order valence-corrected chi connectivity index (χ2v) is 7.06. The molecule has 27 heavy (non-hydrogen) atoms. The van der Waals surface area contributed by atoms with Crippen LogP contribution in [0.5, 0.6) is 0 Å². The standard InChI is InChI=1S/C22H26N4O/c1-16(18-6-10-21-19(14-18)7-11-22(27)25-21)24-15-17-4-8-20(9-5-17)26(2)13-3-12-23/h4-6,8-10,14,16,24H,3,7,11,13,15H2,1-2H3,(H,25,27). The summed E-state index contributed by atoms with van der Waals surface area (Å²) in [4.78, 5) is 13.6. The number of nitrogens with zero attached hydrogens (tertiary/aromatic N) is 2. The van der Waals surface area contributed by atoms with Crippen molar-refractivity contribution < 1.29 is 4.79 Å². The maximum atomic E-state index is 11.5. The first-order chi connectivity index (χ1) is 13.1. The predicted molar refractivity (Wildman–Crippen MR) is 109 cm³/mol. The van der Waals surface area contributed by atoms with Crippen LogP contribution in [-0.2, 0) is 17.8 Å². The number of carbonyl (C=O) groups is 1. The Morgan fingerprint density at radius 1 is 1.22 bits per heavy atom. The molecule has 0 spiro atoms. The van der Waals surface area contributed by atoms with Crippen molar-refractivity contribution in [2.75, 3.05) is 23.8 Å². The summed E-state index contributed by atoms with van der Waals surface area (Å²) in [6.45, 7) is 3.69. The van der Waals surface area contributed by atoms with Gasteiger partial charge in [0.15, 0.2) is 0 Å². The predicted octanol–water partition coefficient (Wildman–Crippen LogP) is 3.77. The Morgan fingerprint density at radius 3 is 2.74 bits per heavy atom. The number of benzene rings is 2. The molecule has 5 nitrogen and oxygen atoms in total. The molecular weight excluding hydrogens is 336 g/mol. The van der Waals surface area contributed by atoms with Crippen LogP contribution >= 0.6 is 0 Å². The van der Waals surface area contributed by atoms with Crippen molar-refractivity contribution in [2.24, 2.45) is 0 Å². The molecule has 140 valence electrons. The molecule has 1 aliphatic rings. The first-order valence-corrected chi connectivity index (χ1v) is 9.40. The van der Waals surface area contributed by atoms with Gasteiger partial charge in [0.05, 0.1) is 12.5 Å². The fraction of sp³-hybridized carbons (Fsp3) is 0.364.